The van der Waals surface area contributed by atoms with E-state index in [4.69, 9.17) is 0 Å². The Bertz CT molecular complexity index is 398. The van der Waals surface area contributed by atoms with Gasteiger partial charge in [-0.25, -0.2) is 0 Å². The van der Waals surface area contributed by atoms with Gasteiger partial charge in [-0.05, 0) is 31.4 Å². The van der Waals surface area contributed by atoms with Crippen molar-refractivity contribution in [2.45, 2.75) is 58.3 Å². The first-order valence-electron chi connectivity index (χ1n) is 8.23. The fraction of sp³-hybridized carbons (Fsp3) is 0.667. The topological polar surface area (TPSA) is 3.24 Å². The number of hydrogen-bond acceptors (Lipinski definition) is 1. The van der Waals surface area contributed by atoms with Gasteiger partial charge in [0.15, 0.2) is 0 Å². The van der Waals surface area contributed by atoms with Gasteiger partial charge in [-0.1, -0.05) is 68.4 Å². The second-order valence-corrected chi connectivity index (χ2v) is 12.7. The van der Waals surface area contributed by atoms with E-state index < -0.39 is 8.07 Å². The molecule has 0 aliphatic heterocycles. The fourth-order valence-electron chi connectivity index (χ4n) is 3.30. The molecule has 0 N–H and O–H groups in total. The van der Waals surface area contributed by atoms with Crippen LogP contribution in [0.2, 0.25) is 19.6 Å². The lowest BCUT2D eigenvalue weighted by Gasteiger charge is -2.27. The molecule has 2 heteroatoms. The Morgan fingerprint density at radius 1 is 1.00 bits per heavy atom. The van der Waals surface area contributed by atoms with Crippen molar-refractivity contribution in [3.05, 3.63) is 29.8 Å². The normalized spacial score (nSPS) is 17.6. The van der Waals surface area contributed by atoms with Gasteiger partial charge in [0.2, 0.25) is 0 Å². The first kappa shape index (κ1) is 15.8. The summed E-state index contributed by atoms with van der Waals surface area (Å²) >= 11 is 0. The van der Waals surface area contributed by atoms with Crippen molar-refractivity contribution in [3.63, 3.8) is 0 Å². The van der Waals surface area contributed by atoms with Crippen LogP contribution in [0.25, 0.3) is 0 Å². The molecule has 1 aromatic rings. The van der Waals surface area contributed by atoms with E-state index >= 15 is 0 Å². The van der Waals surface area contributed by atoms with Gasteiger partial charge in [0.1, 0.15) is 0 Å². The molecule has 0 spiro atoms. The van der Waals surface area contributed by atoms with E-state index in [1.54, 1.807) is 5.19 Å². The molecule has 0 amide bonds. The maximum atomic E-state index is 2.51. The predicted molar refractivity (Wildman–Crippen MR) is 92.3 cm³/mol. The largest absolute Gasteiger partial charge is 0.302 e. The summed E-state index contributed by atoms with van der Waals surface area (Å²) in [6, 6.07) is 9.39. The van der Waals surface area contributed by atoms with Crippen LogP contribution in [-0.4, -0.2) is 26.6 Å². The lowest BCUT2D eigenvalue weighted by atomic mass is 9.89. The molecule has 2 rings (SSSR count). The van der Waals surface area contributed by atoms with Crippen molar-refractivity contribution in [1.82, 2.24) is 4.90 Å². The molecule has 1 aliphatic carbocycles. The van der Waals surface area contributed by atoms with Crippen LogP contribution in [0.15, 0.2) is 24.3 Å². The first-order chi connectivity index (χ1) is 9.45. The molecule has 1 fully saturated rings. The van der Waals surface area contributed by atoms with E-state index in [0.29, 0.717) is 0 Å². The average molecular weight is 290 g/mol. The Kier molecular flexibility index (Phi) is 5.45. The zero-order chi connectivity index (χ0) is 14.6. The van der Waals surface area contributed by atoms with E-state index in [-0.39, 0.29) is 0 Å². The van der Waals surface area contributed by atoms with Crippen molar-refractivity contribution < 1.29 is 0 Å². The van der Waals surface area contributed by atoms with Gasteiger partial charge in [-0.15, -0.1) is 0 Å². The molecule has 1 nitrogen and oxygen atoms in total. The summed E-state index contributed by atoms with van der Waals surface area (Å²) in [7, 11) is 1.13. The second-order valence-electron chi connectivity index (χ2n) is 7.65. The molecule has 0 unspecified atom stereocenters. The summed E-state index contributed by atoms with van der Waals surface area (Å²) in [6.07, 6.45) is 7.24. The summed E-state index contributed by atoms with van der Waals surface area (Å²) < 4.78 is 0. The van der Waals surface area contributed by atoms with Crippen molar-refractivity contribution >= 4 is 13.3 Å². The number of benzene rings is 1. The Balaban J connectivity index is 1.86. The molecule has 0 atom stereocenters. The van der Waals surface area contributed by atoms with E-state index in [2.05, 4.69) is 55.9 Å². The van der Waals surface area contributed by atoms with Crippen LogP contribution >= 0.6 is 0 Å². The Morgan fingerprint density at radius 3 is 2.15 bits per heavy atom. The van der Waals surface area contributed by atoms with Crippen molar-refractivity contribution in [1.29, 1.82) is 0 Å². The molecular weight excluding hydrogens is 258 g/mol. The standard InChI is InChI=1S/C18H31NSi/c1-19(14-16-8-6-5-7-9-16)15-17-10-12-18(13-11-17)20(2,3)4/h10-13,16H,5-9,14-15H2,1-4H3. The van der Waals surface area contributed by atoms with Gasteiger partial charge in [-0.2, -0.15) is 0 Å². The minimum atomic E-state index is -1.14. The molecule has 20 heavy (non-hydrogen) atoms. The van der Waals surface area contributed by atoms with Crippen LogP contribution in [0.4, 0.5) is 0 Å². The summed E-state index contributed by atoms with van der Waals surface area (Å²) in [5.41, 5.74) is 1.46. The molecule has 0 saturated heterocycles. The fourth-order valence-corrected chi connectivity index (χ4v) is 4.46. The van der Waals surface area contributed by atoms with E-state index in [1.807, 2.05) is 0 Å². The number of nitrogens with zero attached hydrogens (tertiary/aromatic N) is 1. The summed E-state index contributed by atoms with van der Waals surface area (Å²) in [6.45, 7) is 9.61. The second kappa shape index (κ2) is 6.90. The third-order valence-electron chi connectivity index (χ3n) is 4.57. The molecular formula is C18H31NSi. The summed E-state index contributed by atoms with van der Waals surface area (Å²) in [5, 5.41) is 1.57. The van der Waals surface area contributed by atoms with Crippen LogP contribution in [0, 0.1) is 5.92 Å². The molecule has 0 aromatic heterocycles. The van der Waals surface area contributed by atoms with E-state index in [1.165, 1.54) is 44.2 Å². The van der Waals surface area contributed by atoms with Crippen molar-refractivity contribution in [2.24, 2.45) is 5.92 Å². The van der Waals surface area contributed by atoms with Crippen LogP contribution in [0.3, 0.4) is 0 Å². The zero-order valence-electron chi connectivity index (χ0n) is 13.8. The molecule has 0 heterocycles. The van der Waals surface area contributed by atoms with Crippen molar-refractivity contribution in [2.75, 3.05) is 13.6 Å². The van der Waals surface area contributed by atoms with Crippen LogP contribution < -0.4 is 5.19 Å². The van der Waals surface area contributed by atoms with E-state index in [0.717, 1.165) is 12.5 Å². The maximum Gasteiger partial charge on any atom is 0.0775 e. The molecule has 112 valence electrons. The molecule has 1 saturated carbocycles. The Hall–Kier alpha value is -0.603. The molecule has 1 aromatic carbocycles. The van der Waals surface area contributed by atoms with Gasteiger partial charge in [-0.3, -0.25) is 0 Å². The van der Waals surface area contributed by atoms with Crippen molar-refractivity contribution in [3.8, 4) is 0 Å². The molecule has 0 bridgehead atoms. The molecule has 0 radical (unpaired) electrons. The van der Waals surface area contributed by atoms with E-state index in [9.17, 15) is 0 Å². The van der Waals surface area contributed by atoms with Gasteiger partial charge >= 0.3 is 0 Å². The van der Waals surface area contributed by atoms with Crippen LogP contribution in [0.5, 0.6) is 0 Å². The van der Waals surface area contributed by atoms with Crippen LogP contribution in [-0.2, 0) is 6.54 Å². The highest BCUT2D eigenvalue weighted by atomic mass is 28.3. The molecule has 1 aliphatic rings. The lowest BCUT2D eigenvalue weighted by Crippen LogP contribution is -2.37. The third-order valence-corrected chi connectivity index (χ3v) is 6.63. The minimum Gasteiger partial charge on any atom is -0.302 e. The van der Waals surface area contributed by atoms with Gasteiger partial charge in [0.25, 0.3) is 0 Å². The smallest absolute Gasteiger partial charge is 0.0775 e. The number of rotatable bonds is 5. The average Bonchev–Trinajstić information content (AvgIpc) is 2.39. The first-order valence-corrected chi connectivity index (χ1v) is 11.7. The van der Waals surface area contributed by atoms with Gasteiger partial charge in [0.05, 0.1) is 8.07 Å². The Morgan fingerprint density at radius 2 is 1.60 bits per heavy atom. The zero-order valence-corrected chi connectivity index (χ0v) is 14.8. The third kappa shape index (κ3) is 4.74. The highest BCUT2D eigenvalue weighted by Gasteiger charge is 2.17. The highest BCUT2D eigenvalue weighted by Crippen LogP contribution is 2.24. The maximum absolute atomic E-state index is 2.51. The summed E-state index contributed by atoms with van der Waals surface area (Å²) in [4.78, 5) is 2.51. The highest BCUT2D eigenvalue weighted by molar-refractivity contribution is 6.88. The number of hydrogen-bond donors (Lipinski definition) is 0. The van der Waals surface area contributed by atoms with Gasteiger partial charge in [0, 0.05) is 13.1 Å². The monoisotopic (exact) mass is 289 g/mol. The van der Waals surface area contributed by atoms with Gasteiger partial charge < -0.3 is 4.90 Å². The minimum absolute atomic E-state index is 0.940. The predicted octanol–water partition coefficient (Wildman–Crippen LogP) is 4.24. The van der Waals surface area contributed by atoms with Crippen LogP contribution in [0.1, 0.15) is 37.7 Å². The Labute approximate surface area is 126 Å². The SMILES string of the molecule is CN(Cc1ccc([Si](C)(C)C)cc1)CC1CCCCC1. The quantitative estimate of drug-likeness (QED) is 0.733. The summed E-state index contributed by atoms with van der Waals surface area (Å²) in [5.74, 6) is 0.940. The lowest BCUT2D eigenvalue weighted by molar-refractivity contribution is 0.228.